The van der Waals surface area contributed by atoms with Gasteiger partial charge in [0.2, 0.25) is 0 Å². The molecule has 5 nitrogen and oxygen atoms in total. The summed E-state index contributed by atoms with van der Waals surface area (Å²) < 4.78 is 20.6. The van der Waals surface area contributed by atoms with Crippen molar-refractivity contribution in [1.82, 2.24) is 14.7 Å². The molecule has 0 atom stereocenters. The Kier molecular flexibility index (Phi) is 2.75. The molecule has 0 aliphatic carbocycles. The van der Waals surface area contributed by atoms with Crippen LogP contribution in [0, 0.1) is 5.82 Å². The largest absolute Gasteiger partial charge is 0.491 e. The van der Waals surface area contributed by atoms with Gasteiger partial charge >= 0.3 is 0 Å². The van der Waals surface area contributed by atoms with Crippen molar-refractivity contribution in [2.24, 2.45) is 0 Å². The van der Waals surface area contributed by atoms with Crippen LogP contribution in [0.2, 0.25) is 0 Å². The van der Waals surface area contributed by atoms with E-state index in [1.165, 1.54) is 12.1 Å². The molecule has 0 radical (unpaired) electrons. The molecule has 19 heavy (non-hydrogen) atoms. The maximum Gasteiger partial charge on any atom is 0.252 e. The van der Waals surface area contributed by atoms with Crippen LogP contribution >= 0.6 is 0 Å². The summed E-state index contributed by atoms with van der Waals surface area (Å²) in [4.78, 5) is 3.93. The summed E-state index contributed by atoms with van der Waals surface area (Å²) in [6.07, 6.45) is 5.14. The fraction of sp³-hybridized carbons (Fsp3) is 0.0769. The van der Waals surface area contributed by atoms with E-state index in [0.717, 1.165) is 5.56 Å². The van der Waals surface area contributed by atoms with Gasteiger partial charge in [0.05, 0.1) is 11.9 Å². The van der Waals surface area contributed by atoms with Gasteiger partial charge in [0.25, 0.3) is 5.88 Å². The summed E-state index contributed by atoms with van der Waals surface area (Å²) in [6.45, 7) is 0.541. The molecule has 0 bridgehead atoms. The Bertz CT molecular complexity index is 692. The highest BCUT2D eigenvalue weighted by atomic mass is 19.1. The van der Waals surface area contributed by atoms with Gasteiger partial charge in [-0.1, -0.05) is 6.07 Å². The first-order valence-corrected chi connectivity index (χ1v) is 5.62. The molecule has 1 N–H and O–H groups in total. The fourth-order valence-corrected chi connectivity index (χ4v) is 1.84. The fourth-order valence-electron chi connectivity index (χ4n) is 1.84. The van der Waals surface area contributed by atoms with Crippen LogP contribution in [0.15, 0.2) is 47.5 Å². The molecular formula is C13H10FN3O2. The molecule has 0 fully saturated rings. The number of benzene rings is 1. The number of hydrogen-bond donors (Lipinski definition) is 1. The summed E-state index contributed by atoms with van der Waals surface area (Å²) >= 11 is 0. The van der Waals surface area contributed by atoms with E-state index in [1.807, 2.05) is 4.57 Å². The predicted molar refractivity (Wildman–Crippen MR) is 64.9 cm³/mol. The zero-order valence-electron chi connectivity index (χ0n) is 9.82. The van der Waals surface area contributed by atoms with E-state index in [4.69, 9.17) is 9.63 Å². The minimum atomic E-state index is -0.422. The zero-order chi connectivity index (χ0) is 13.2. The van der Waals surface area contributed by atoms with Crippen molar-refractivity contribution < 1.29 is 14.0 Å². The van der Waals surface area contributed by atoms with Gasteiger partial charge in [0.15, 0.2) is 5.76 Å². The Morgan fingerprint density at radius 2 is 2.21 bits per heavy atom. The molecule has 0 saturated heterocycles. The van der Waals surface area contributed by atoms with Gasteiger partial charge in [-0.2, -0.15) is 0 Å². The predicted octanol–water partition coefficient (Wildman–Crippen LogP) is 2.43. The van der Waals surface area contributed by atoms with Crippen LogP contribution in [-0.2, 0) is 6.54 Å². The lowest BCUT2D eigenvalue weighted by Gasteiger charge is -2.04. The van der Waals surface area contributed by atoms with Gasteiger partial charge in [-0.05, 0) is 22.9 Å². The van der Waals surface area contributed by atoms with Crippen molar-refractivity contribution in [2.45, 2.75) is 6.54 Å². The van der Waals surface area contributed by atoms with E-state index in [1.54, 1.807) is 30.9 Å². The van der Waals surface area contributed by atoms with Crippen molar-refractivity contribution in [3.8, 4) is 17.2 Å². The molecule has 0 saturated carbocycles. The summed E-state index contributed by atoms with van der Waals surface area (Å²) in [7, 11) is 0. The van der Waals surface area contributed by atoms with Gasteiger partial charge in [-0.15, -0.1) is 0 Å². The third-order valence-electron chi connectivity index (χ3n) is 2.72. The lowest BCUT2D eigenvalue weighted by molar-refractivity contribution is 0.364. The first kappa shape index (κ1) is 11.5. The molecule has 6 heteroatoms. The zero-order valence-corrected chi connectivity index (χ0v) is 9.82. The second-order valence-corrected chi connectivity index (χ2v) is 4.10. The average Bonchev–Trinajstić information content (AvgIpc) is 3.01. The van der Waals surface area contributed by atoms with Gasteiger partial charge < -0.3 is 14.2 Å². The van der Waals surface area contributed by atoms with E-state index < -0.39 is 5.82 Å². The molecule has 0 unspecified atom stereocenters. The molecule has 3 aromatic rings. The summed E-state index contributed by atoms with van der Waals surface area (Å²) in [5.41, 5.74) is 1.07. The second kappa shape index (κ2) is 4.56. The molecule has 1 aromatic carbocycles. The monoisotopic (exact) mass is 259 g/mol. The minimum Gasteiger partial charge on any atom is -0.491 e. The van der Waals surface area contributed by atoms with Gasteiger partial charge in [-0.3, -0.25) is 0 Å². The van der Waals surface area contributed by atoms with E-state index in [9.17, 15) is 4.39 Å². The number of nitrogens with zero attached hydrogens (tertiary/aromatic N) is 3. The van der Waals surface area contributed by atoms with Crippen molar-refractivity contribution in [2.75, 3.05) is 0 Å². The Balaban J connectivity index is 1.89. The highest BCUT2D eigenvalue weighted by molar-refractivity contribution is 5.59. The number of rotatable bonds is 3. The van der Waals surface area contributed by atoms with Crippen molar-refractivity contribution in [3.05, 3.63) is 54.4 Å². The summed E-state index contributed by atoms with van der Waals surface area (Å²) in [6, 6.07) is 6.09. The van der Waals surface area contributed by atoms with Crippen LogP contribution in [0.1, 0.15) is 5.56 Å². The Morgan fingerprint density at radius 1 is 1.32 bits per heavy atom. The smallest absolute Gasteiger partial charge is 0.252 e. The van der Waals surface area contributed by atoms with Gasteiger partial charge in [-0.25, -0.2) is 9.37 Å². The lowest BCUT2D eigenvalue weighted by atomic mass is 10.1. The Labute approximate surface area is 107 Å². The molecule has 2 aromatic heterocycles. The van der Waals surface area contributed by atoms with Gasteiger partial charge in [0.1, 0.15) is 5.82 Å². The van der Waals surface area contributed by atoms with Crippen LogP contribution in [0.3, 0.4) is 0 Å². The van der Waals surface area contributed by atoms with Crippen LogP contribution < -0.4 is 0 Å². The molecule has 3 rings (SSSR count). The number of aromatic nitrogens is 3. The standard InChI is InChI=1S/C13H10FN3O2/c14-11-5-9(7-17-4-3-15-8-17)1-2-10(11)12-6-13(18)16-19-12/h1-6,8H,7H2,(H,16,18). The lowest BCUT2D eigenvalue weighted by Crippen LogP contribution is -1.97. The first-order valence-electron chi connectivity index (χ1n) is 5.62. The Hall–Kier alpha value is -2.63. The first-order chi connectivity index (χ1) is 9.22. The summed E-state index contributed by atoms with van der Waals surface area (Å²) in [5.74, 6) is -0.491. The maximum atomic E-state index is 14.0. The van der Waals surface area contributed by atoms with Crippen LogP contribution in [-0.4, -0.2) is 19.8 Å². The number of halogens is 1. The molecule has 2 heterocycles. The molecule has 0 amide bonds. The SMILES string of the molecule is Oc1cc(-c2ccc(Cn3ccnc3)cc2F)on1. The van der Waals surface area contributed by atoms with E-state index in [2.05, 4.69) is 10.1 Å². The Morgan fingerprint density at radius 3 is 2.84 bits per heavy atom. The van der Waals surface area contributed by atoms with Crippen LogP contribution in [0.4, 0.5) is 4.39 Å². The van der Waals surface area contributed by atoms with Crippen LogP contribution in [0.5, 0.6) is 5.88 Å². The molecule has 96 valence electrons. The minimum absolute atomic E-state index is 0.198. The van der Waals surface area contributed by atoms with Crippen molar-refractivity contribution in [1.29, 1.82) is 0 Å². The number of imidazole rings is 1. The van der Waals surface area contributed by atoms with E-state index >= 15 is 0 Å². The summed E-state index contributed by atoms with van der Waals surface area (Å²) in [5, 5.41) is 12.4. The van der Waals surface area contributed by atoms with Crippen molar-refractivity contribution in [3.63, 3.8) is 0 Å². The third kappa shape index (κ3) is 2.33. The maximum absolute atomic E-state index is 14.0. The highest BCUT2D eigenvalue weighted by Gasteiger charge is 2.11. The topological polar surface area (TPSA) is 64.1 Å². The quantitative estimate of drug-likeness (QED) is 0.784. The van der Waals surface area contributed by atoms with Crippen LogP contribution in [0.25, 0.3) is 11.3 Å². The third-order valence-corrected chi connectivity index (χ3v) is 2.72. The molecular weight excluding hydrogens is 249 g/mol. The second-order valence-electron chi connectivity index (χ2n) is 4.10. The van der Waals surface area contributed by atoms with Crippen molar-refractivity contribution >= 4 is 0 Å². The van der Waals surface area contributed by atoms with E-state index in [0.29, 0.717) is 6.54 Å². The average molecular weight is 259 g/mol. The van der Waals surface area contributed by atoms with Gasteiger partial charge in [0, 0.05) is 25.0 Å². The number of aromatic hydroxyl groups is 1. The number of hydrogen-bond acceptors (Lipinski definition) is 4. The molecule has 0 aliphatic rings. The molecule has 0 aliphatic heterocycles. The normalized spacial score (nSPS) is 10.8. The van der Waals surface area contributed by atoms with E-state index in [-0.39, 0.29) is 17.2 Å². The highest BCUT2D eigenvalue weighted by Crippen LogP contribution is 2.26. The molecule has 0 spiro atoms.